The standard InChI is InChI=1S/C18H20O2/c1(2-13-3-4-13)9-19-11-16-8-7-15-10-20-12-17(15)18(16)14-5-6-14/h7-8,13-14H,3-6,9-12H2. The fraction of sp³-hybridized carbons (Fsp3) is 0.556. The molecule has 2 nitrogen and oxygen atoms in total. The van der Waals surface area contributed by atoms with Crippen LogP contribution in [0.25, 0.3) is 0 Å². The van der Waals surface area contributed by atoms with Gasteiger partial charge in [-0.05, 0) is 53.9 Å². The quantitative estimate of drug-likeness (QED) is 0.614. The summed E-state index contributed by atoms with van der Waals surface area (Å²) < 4.78 is 11.4. The van der Waals surface area contributed by atoms with Gasteiger partial charge < -0.3 is 9.47 Å². The monoisotopic (exact) mass is 268 g/mol. The number of rotatable bonds is 4. The summed E-state index contributed by atoms with van der Waals surface area (Å²) in [6.07, 6.45) is 5.21. The molecule has 0 unspecified atom stereocenters. The summed E-state index contributed by atoms with van der Waals surface area (Å²) in [7, 11) is 0. The smallest absolute Gasteiger partial charge is 0.108 e. The lowest BCUT2D eigenvalue weighted by Crippen LogP contribution is -2.02. The molecule has 0 atom stereocenters. The highest BCUT2D eigenvalue weighted by Crippen LogP contribution is 2.45. The van der Waals surface area contributed by atoms with Crippen LogP contribution in [0.3, 0.4) is 0 Å². The van der Waals surface area contributed by atoms with Crippen molar-refractivity contribution in [1.29, 1.82) is 0 Å². The van der Waals surface area contributed by atoms with E-state index < -0.39 is 0 Å². The minimum Gasteiger partial charge on any atom is -0.372 e. The van der Waals surface area contributed by atoms with Gasteiger partial charge in [0, 0.05) is 5.92 Å². The minimum atomic E-state index is 0.564. The summed E-state index contributed by atoms with van der Waals surface area (Å²) in [6, 6.07) is 4.44. The van der Waals surface area contributed by atoms with Gasteiger partial charge in [0.1, 0.15) is 6.61 Å². The van der Waals surface area contributed by atoms with Crippen LogP contribution >= 0.6 is 0 Å². The Kier molecular flexibility index (Phi) is 3.26. The summed E-state index contributed by atoms with van der Waals surface area (Å²) in [5.74, 6) is 7.79. The van der Waals surface area contributed by atoms with E-state index in [-0.39, 0.29) is 0 Å². The third-order valence-electron chi connectivity index (χ3n) is 4.35. The van der Waals surface area contributed by atoms with Crippen LogP contribution in [0, 0.1) is 17.8 Å². The maximum atomic E-state index is 5.76. The lowest BCUT2D eigenvalue weighted by Gasteiger charge is -2.13. The van der Waals surface area contributed by atoms with E-state index in [4.69, 9.17) is 9.47 Å². The third-order valence-corrected chi connectivity index (χ3v) is 4.35. The van der Waals surface area contributed by atoms with Crippen LogP contribution < -0.4 is 0 Å². The van der Waals surface area contributed by atoms with Crippen molar-refractivity contribution in [2.45, 2.75) is 51.4 Å². The Morgan fingerprint density at radius 2 is 2.05 bits per heavy atom. The van der Waals surface area contributed by atoms with Crippen molar-refractivity contribution in [1.82, 2.24) is 0 Å². The van der Waals surface area contributed by atoms with E-state index in [1.807, 2.05) is 0 Å². The summed E-state index contributed by atoms with van der Waals surface area (Å²) >= 11 is 0. The van der Waals surface area contributed by atoms with E-state index >= 15 is 0 Å². The molecular formula is C18H20O2. The van der Waals surface area contributed by atoms with Crippen LogP contribution in [0.15, 0.2) is 12.1 Å². The zero-order valence-corrected chi connectivity index (χ0v) is 11.8. The largest absolute Gasteiger partial charge is 0.372 e. The summed E-state index contributed by atoms with van der Waals surface area (Å²) in [6.45, 7) is 2.83. The van der Waals surface area contributed by atoms with Gasteiger partial charge >= 0.3 is 0 Å². The Labute approximate surface area is 120 Å². The topological polar surface area (TPSA) is 18.5 Å². The van der Waals surface area contributed by atoms with Crippen LogP contribution in [0.4, 0.5) is 0 Å². The fourth-order valence-electron chi connectivity index (χ4n) is 2.96. The zero-order chi connectivity index (χ0) is 13.4. The predicted octanol–water partition coefficient (Wildman–Crippen LogP) is 3.52. The molecule has 3 aliphatic rings. The van der Waals surface area contributed by atoms with E-state index in [1.165, 1.54) is 47.9 Å². The van der Waals surface area contributed by atoms with Gasteiger partial charge in [-0.25, -0.2) is 0 Å². The van der Waals surface area contributed by atoms with Crippen LogP contribution in [-0.4, -0.2) is 6.61 Å². The van der Waals surface area contributed by atoms with Gasteiger partial charge in [0.15, 0.2) is 0 Å². The maximum Gasteiger partial charge on any atom is 0.108 e. The molecular weight excluding hydrogens is 248 g/mol. The maximum absolute atomic E-state index is 5.76. The van der Waals surface area contributed by atoms with Gasteiger partial charge in [-0.1, -0.05) is 24.0 Å². The Morgan fingerprint density at radius 1 is 1.15 bits per heavy atom. The molecule has 0 spiro atoms. The first kappa shape index (κ1) is 12.4. The second-order valence-electron chi connectivity index (χ2n) is 6.13. The first-order valence-electron chi connectivity index (χ1n) is 7.69. The molecule has 0 N–H and O–H groups in total. The molecule has 1 heterocycles. The van der Waals surface area contributed by atoms with Gasteiger partial charge in [-0.15, -0.1) is 0 Å². The highest BCUT2D eigenvalue weighted by molar-refractivity contribution is 5.45. The van der Waals surface area contributed by atoms with E-state index in [0.29, 0.717) is 19.1 Å². The molecule has 4 rings (SSSR count). The van der Waals surface area contributed by atoms with Crippen LogP contribution in [0.5, 0.6) is 0 Å². The summed E-state index contributed by atoms with van der Waals surface area (Å²) in [5.41, 5.74) is 5.70. The van der Waals surface area contributed by atoms with Gasteiger partial charge in [-0.2, -0.15) is 0 Å². The highest BCUT2D eigenvalue weighted by atomic mass is 16.5. The molecule has 104 valence electrons. The first-order chi connectivity index (χ1) is 9.92. The molecule has 20 heavy (non-hydrogen) atoms. The SMILES string of the molecule is C(#CC1CC1)COCc1ccc2c(c1C1CC1)COC2. The molecule has 0 amide bonds. The van der Waals surface area contributed by atoms with Crippen molar-refractivity contribution in [3.8, 4) is 11.8 Å². The van der Waals surface area contributed by atoms with Crippen molar-refractivity contribution in [2.75, 3.05) is 6.61 Å². The molecule has 1 aliphatic heterocycles. The fourth-order valence-corrected chi connectivity index (χ4v) is 2.96. The third kappa shape index (κ3) is 2.61. The van der Waals surface area contributed by atoms with Crippen molar-refractivity contribution < 1.29 is 9.47 Å². The van der Waals surface area contributed by atoms with Gasteiger partial charge in [0.05, 0.1) is 19.8 Å². The Morgan fingerprint density at radius 3 is 2.85 bits per heavy atom. The molecule has 1 aromatic rings. The van der Waals surface area contributed by atoms with Gasteiger partial charge in [-0.3, -0.25) is 0 Å². The van der Waals surface area contributed by atoms with Crippen molar-refractivity contribution >= 4 is 0 Å². The Hall–Kier alpha value is -1.30. The van der Waals surface area contributed by atoms with E-state index in [1.54, 1.807) is 0 Å². The summed E-state index contributed by atoms with van der Waals surface area (Å²) in [4.78, 5) is 0. The van der Waals surface area contributed by atoms with Crippen molar-refractivity contribution in [3.05, 3.63) is 34.4 Å². The Bertz CT molecular complexity index is 571. The molecule has 0 radical (unpaired) electrons. The van der Waals surface area contributed by atoms with E-state index in [0.717, 1.165) is 19.1 Å². The highest BCUT2D eigenvalue weighted by Gasteiger charge is 2.31. The Balaban J connectivity index is 1.45. The molecule has 0 saturated heterocycles. The van der Waals surface area contributed by atoms with Gasteiger partial charge in [0.25, 0.3) is 0 Å². The molecule has 2 heteroatoms. The number of fused-ring (bicyclic) bond motifs is 1. The molecule has 0 aromatic heterocycles. The van der Waals surface area contributed by atoms with E-state index in [2.05, 4.69) is 24.0 Å². The number of hydrogen-bond acceptors (Lipinski definition) is 2. The van der Waals surface area contributed by atoms with Crippen molar-refractivity contribution in [3.63, 3.8) is 0 Å². The van der Waals surface area contributed by atoms with Crippen LogP contribution in [0.2, 0.25) is 0 Å². The molecule has 0 bridgehead atoms. The van der Waals surface area contributed by atoms with Gasteiger partial charge in [0.2, 0.25) is 0 Å². The molecule has 1 aromatic carbocycles. The normalized spacial score (nSPS) is 20.4. The molecule has 2 saturated carbocycles. The van der Waals surface area contributed by atoms with E-state index in [9.17, 15) is 0 Å². The summed E-state index contributed by atoms with van der Waals surface area (Å²) in [5, 5.41) is 0. The molecule has 2 aliphatic carbocycles. The second kappa shape index (κ2) is 5.24. The average molecular weight is 268 g/mol. The predicted molar refractivity (Wildman–Crippen MR) is 77.1 cm³/mol. The molecule has 2 fully saturated rings. The number of benzene rings is 1. The minimum absolute atomic E-state index is 0.564. The number of hydrogen-bond donors (Lipinski definition) is 0. The first-order valence-corrected chi connectivity index (χ1v) is 7.69. The lowest BCUT2D eigenvalue weighted by atomic mass is 9.94. The number of ether oxygens (including phenoxy) is 2. The van der Waals surface area contributed by atoms with Crippen molar-refractivity contribution in [2.24, 2.45) is 5.92 Å². The second-order valence-corrected chi connectivity index (χ2v) is 6.13. The lowest BCUT2D eigenvalue weighted by molar-refractivity contribution is 0.134. The van der Waals surface area contributed by atoms with Crippen LogP contribution in [-0.2, 0) is 29.3 Å². The average Bonchev–Trinajstić information content (AvgIpc) is 3.37. The zero-order valence-electron chi connectivity index (χ0n) is 11.8. The van der Waals surface area contributed by atoms with Crippen LogP contribution in [0.1, 0.15) is 53.9 Å².